The molecule has 1 aliphatic rings. The SMILES string of the molecule is COC(=O)c1cnc(N2CCCc3ccccc32)cc1C. The quantitative estimate of drug-likeness (QED) is 0.793. The van der Waals surface area contributed by atoms with E-state index in [0.29, 0.717) is 5.56 Å². The van der Waals surface area contributed by atoms with Gasteiger partial charge in [0, 0.05) is 18.4 Å². The number of nitrogens with zero attached hydrogens (tertiary/aromatic N) is 2. The minimum Gasteiger partial charge on any atom is -0.465 e. The lowest BCUT2D eigenvalue weighted by Crippen LogP contribution is -2.25. The fourth-order valence-corrected chi connectivity index (χ4v) is 2.78. The first kappa shape index (κ1) is 13.6. The van der Waals surface area contributed by atoms with Crippen LogP contribution in [0.4, 0.5) is 11.5 Å². The molecule has 0 aliphatic carbocycles. The third-order valence-electron chi connectivity index (χ3n) is 3.89. The van der Waals surface area contributed by atoms with Crippen molar-refractivity contribution in [3.05, 3.63) is 53.2 Å². The molecular formula is C17H18N2O2. The number of methoxy groups -OCH3 is 1. The van der Waals surface area contributed by atoms with Crippen molar-refractivity contribution >= 4 is 17.5 Å². The van der Waals surface area contributed by atoms with Gasteiger partial charge < -0.3 is 9.64 Å². The van der Waals surface area contributed by atoms with Crippen LogP contribution in [-0.2, 0) is 11.2 Å². The van der Waals surface area contributed by atoms with Crippen LogP contribution in [-0.4, -0.2) is 24.6 Å². The topological polar surface area (TPSA) is 42.4 Å². The molecule has 0 atom stereocenters. The van der Waals surface area contributed by atoms with Crippen LogP contribution in [0, 0.1) is 6.92 Å². The summed E-state index contributed by atoms with van der Waals surface area (Å²) in [6, 6.07) is 10.4. The minimum absolute atomic E-state index is 0.342. The number of rotatable bonds is 2. The van der Waals surface area contributed by atoms with E-state index in [4.69, 9.17) is 4.74 Å². The van der Waals surface area contributed by atoms with Crippen molar-refractivity contribution in [1.82, 2.24) is 4.98 Å². The van der Waals surface area contributed by atoms with Crippen molar-refractivity contribution in [3.8, 4) is 0 Å². The monoisotopic (exact) mass is 282 g/mol. The Hall–Kier alpha value is -2.36. The van der Waals surface area contributed by atoms with E-state index in [1.165, 1.54) is 18.4 Å². The van der Waals surface area contributed by atoms with Gasteiger partial charge in [-0.2, -0.15) is 0 Å². The highest BCUT2D eigenvalue weighted by atomic mass is 16.5. The predicted octanol–water partition coefficient (Wildman–Crippen LogP) is 3.26. The van der Waals surface area contributed by atoms with E-state index in [9.17, 15) is 4.79 Å². The summed E-state index contributed by atoms with van der Waals surface area (Å²) >= 11 is 0. The predicted molar refractivity (Wildman–Crippen MR) is 82.1 cm³/mol. The molecule has 21 heavy (non-hydrogen) atoms. The number of esters is 1. The van der Waals surface area contributed by atoms with Gasteiger partial charge in [0.05, 0.1) is 12.7 Å². The molecule has 2 heterocycles. The van der Waals surface area contributed by atoms with Crippen LogP contribution < -0.4 is 4.90 Å². The summed E-state index contributed by atoms with van der Waals surface area (Å²) in [4.78, 5) is 18.3. The van der Waals surface area contributed by atoms with Gasteiger partial charge in [-0.1, -0.05) is 18.2 Å². The molecule has 0 radical (unpaired) electrons. The number of fused-ring (bicyclic) bond motifs is 1. The van der Waals surface area contributed by atoms with E-state index in [1.807, 2.05) is 19.1 Å². The number of hydrogen-bond donors (Lipinski definition) is 0. The van der Waals surface area contributed by atoms with Crippen molar-refractivity contribution in [1.29, 1.82) is 0 Å². The van der Waals surface area contributed by atoms with Crippen molar-refractivity contribution in [2.45, 2.75) is 19.8 Å². The van der Waals surface area contributed by atoms with Crippen molar-refractivity contribution in [3.63, 3.8) is 0 Å². The molecule has 3 rings (SSSR count). The molecule has 0 spiro atoms. The fraction of sp³-hybridized carbons (Fsp3) is 0.294. The second-order valence-electron chi connectivity index (χ2n) is 5.23. The molecule has 4 nitrogen and oxygen atoms in total. The summed E-state index contributed by atoms with van der Waals surface area (Å²) in [6.45, 7) is 2.86. The van der Waals surface area contributed by atoms with Crippen molar-refractivity contribution in [2.75, 3.05) is 18.6 Å². The average Bonchev–Trinajstić information content (AvgIpc) is 2.53. The number of benzene rings is 1. The van der Waals surface area contributed by atoms with Crippen LogP contribution in [0.2, 0.25) is 0 Å². The summed E-state index contributed by atoms with van der Waals surface area (Å²) in [5, 5.41) is 0. The molecular weight excluding hydrogens is 264 g/mol. The lowest BCUT2D eigenvalue weighted by molar-refractivity contribution is 0.0599. The Labute approximate surface area is 124 Å². The van der Waals surface area contributed by atoms with Gasteiger partial charge in [0.1, 0.15) is 5.82 Å². The van der Waals surface area contributed by atoms with Gasteiger partial charge in [-0.3, -0.25) is 0 Å². The number of carbonyl (C=O) groups excluding carboxylic acids is 1. The first-order chi connectivity index (χ1) is 10.2. The Morgan fingerprint density at radius 3 is 2.90 bits per heavy atom. The highest BCUT2D eigenvalue weighted by Crippen LogP contribution is 2.32. The molecule has 0 saturated carbocycles. The Morgan fingerprint density at radius 1 is 1.33 bits per heavy atom. The van der Waals surface area contributed by atoms with E-state index in [2.05, 4.69) is 28.1 Å². The Bertz CT molecular complexity index is 682. The van der Waals surface area contributed by atoms with Gasteiger partial charge >= 0.3 is 5.97 Å². The number of aryl methyl sites for hydroxylation is 2. The van der Waals surface area contributed by atoms with E-state index < -0.39 is 0 Å². The number of carbonyl (C=O) groups is 1. The maximum absolute atomic E-state index is 11.6. The van der Waals surface area contributed by atoms with Crippen molar-refractivity contribution < 1.29 is 9.53 Å². The highest BCUT2D eigenvalue weighted by molar-refractivity contribution is 5.91. The number of pyridine rings is 1. The third-order valence-corrected chi connectivity index (χ3v) is 3.89. The molecule has 2 aromatic rings. The number of ether oxygens (including phenoxy) is 1. The van der Waals surface area contributed by atoms with E-state index in [1.54, 1.807) is 6.20 Å². The summed E-state index contributed by atoms with van der Waals surface area (Å²) in [6.07, 6.45) is 3.82. The molecule has 4 heteroatoms. The van der Waals surface area contributed by atoms with Crippen LogP contribution in [0.1, 0.15) is 27.9 Å². The van der Waals surface area contributed by atoms with Crippen LogP contribution in [0.15, 0.2) is 36.5 Å². The van der Waals surface area contributed by atoms with Gasteiger partial charge in [0.25, 0.3) is 0 Å². The minimum atomic E-state index is -0.342. The first-order valence-electron chi connectivity index (χ1n) is 7.11. The van der Waals surface area contributed by atoms with Gasteiger partial charge in [-0.15, -0.1) is 0 Å². The lowest BCUT2D eigenvalue weighted by Gasteiger charge is -2.30. The lowest BCUT2D eigenvalue weighted by atomic mass is 10.0. The van der Waals surface area contributed by atoms with Crippen LogP contribution >= 0.6 is 0 Å². The van der Waals surface area contributed by atoms with Gasteiger partial charge in [0.2, 0.25) is 0 Å². The Morgan fingerprint density at radius 2 is 2.14 bits per heavy atom. The number of para-hydroxylation sites is 1. The molecule has 0 fully saturated rings. The number of hydrogen-bond acceptors (Lipinski definition) is 4. The molecule has 0 saturated heterocycles. The Kier molecular flexibility index (Phi) is 3.60. The van der Waals surface area contributed by atoms with Crippen molar-refractivity contribution in [2.24, 2.45) is 0 Å². The molecule has 108 valence electrons. The second kappa shape index (κ2) is 5.56. The standard InChI is InChI=1S/C17H18N2O2/c1-12-10-16(18-11-14(12)17(20)21-2)19-9-5-7-13-6-3-4-8-15(13)19/h3-4,6,8,10-11H,5,7,9H2,1-2H3. The van der Waals surface area contributed by atoms with Crippen LogP contribution in [0.25, 0.3) is 0 Å². The number of aromatic nitrogens is 1. The molecule has 0 amide bonds. The molecule has 0 unspecified atom stereocenters. The first-order valence-corrected chi connectivity index (χ1v) is 7.11. The van der Waals surface area contributed by atoms with Gasteiger partial charge in [0.15, 0.2) is 0 Å². The van der Waals surface area contributed by atoms with Gasteiger partial charge in [-0.25, -0.2) is 9.78 Å². The molecule has 0 bridgehead atoms. The highest BCUT2D eigenvalue weighted by Gasteiger charge is 2.20. The summed E-state index contributed by atoms with van der Waals surface area (Å²) in [5.41, 5.74) is 3.96. The summed E-state index contributed by atoms with van der Waals surface area (Å²) in [5.74, 6) is 0.540. The maximum Gasteiger partial charge on any atom is 0.339 e. The zero-order valence-electron chi connectivity index (χ0n) is 12.3. The molecule has 1 aliphatic heterocycles. The summed E-state index contributed by atoms with van der Waals surface area (Å²) in [7, 11) is 1.39. The third kappa shape index (κ3) is 2.49. The smallest absolute Gasteiger partial charge is 0.339 e. The van der Waals surface area contributed by atoms with Crippen LogP contribution in [0.3, 0.4) is 0 Å². The molecule has 0 N–H and O–H groups in total. The number of anilines is 2. The summed E-state index contributed by atoms with van der Waals surface area (Å²) < 4.78 is 4.77. The average molecular weight is 282 g/mol. The van der Waals surface area contributed by atoms with Gasteiger partial charge in [-0.05, 0) is 43.0 Å². The largest absolute Gasteiger partial charge is 0.465 e. The zero-order valence-corrected chi connectivity index (χ0v) is 12.3. The normalized spacial score (nSPS) is 13.7. The van der Waals surface area contributed by atoms with E-state index in [-0.39, 0.29) is 5.97 Å². The molecule has 1 aromatic heterocycles. The second-order valence-corrected chi connectivity index (χ2v) is 5.23. The van der Waals surface area contributed by atoms with E-state index >= 15 is 0 Å². The molecule has 1 aromatic carbocycles. The zero-order chi connectivity index (χ0) is 14.8. The van der Waals surface area contributed by atoms with Crippen LogP contribution in [0.5, 0.6) is 0 Å². The maximum atomic E-state index is 11.6. The van der Waals surface area contributed by atoms with E-state index in [0.717, 1.165) is 30.8 Å². The fourth-order valence-electron chi connectivity index (χ4n) is 2.78. The Balaban J connectivity index is 1.99.